The molecule has 1 atom stereocenters. The van der Waals surface area contributed by atoms with Gasteiger partial charge in [-0.15, -0.1) is 0 Å². The molecule has 1 aromatic heterocycles. The molecule has 28 heavy (non-hydrogen) atoms. The van der Waals surface area contributed by atoms with E-state index in [1.54, 1.807) is 37.3 Å². The van der Waals surface area contributed by atoms with Crippen LogP contribution in [-0.4, -0.2) is 36.8 Å². The van der Waals surface area contributed by atoms with E-state index in [-0.39, 0.29) is 11.8 Å². The van der Waals surface area contributed by atoms with Crippen LogP contribution in [0.5, 0.6) is 11.5 Å². The Morgan fingerprint density at radius 1 is 1.18 bits per heavy atom. The number of ether oxygens (including phenoxy) is 2. The Hall–Kier alpha value is -3.06. The Morgan fingerprint density at radius 3 is 2.79 bits per heavy atom. The van der Waals surface area contributed by atoms with Gasteiger partial charge in [-0.05, 0) is 30.3 Å². The van der Waals surface area contributed by atoms with Crippen molar-refractivity contribution >= 4 is 23.2 Å². The number of rotatable bonds is 5. The maximum absolute atomic E-state index is 12.5. The average Bonchev–Trinajstić information content (AvgIpc) is 3.35. The fraction of sp³-hybridized carbons (Fsp3) is 0.250. The number of amides is 1. The lowest BCUT2D eigenvalue weighted by Gasteiger charge is -2.17. The molecule has 1 aliphatic heterocycles. The average molecular weight is 400 g/mol. The Kier molecular flexibility index (Phi) is 4.92. The van der Waals surface area contributed by atoms with Crippen molar-refractivity contribution in [2.45, 2.75) is 12.3 Å². The molecule has 1 aliphatic rings. The van der Waals surface area contributed by atoms with E-state index in [9.17, 15) is 4.79 Å². The SMILES string of the molecule is COc1cccc(-c2noc(C3CC(=O)N(c4ccc(OC)c(Cl)c4)C3)n2)c1. The molecule has 1 amide bonds. The number of aromatic nitrogens is 2. The molecule has 144 valence electrons. The third-order valence-electron chi connectivity index (χ3n) is 4.69. The van der Waals surface area contributed by atoms with E-state index < -0.39 is 0 Å². The first-order valence-electron chi connectivity index (χ1n) is 8.71. The smallest absolute Gasteiger partial charge is 0.232 e. The van der Waals surface area contributed by atoms with Crippen molar-refractivity contribution in [3.05, 3.63) is 53.4 Å². The van der Waals surface area contributed by atoms with Gasteiger partial charge < -0.3 is 18.9 Å². The molecule has 0 N–H and O–H groups in total. The molecule has 3 aromatic rings. The number of benzene rings is 2. The van der Waals surface area contributed by atoms with Crippen molar-refractivity contribution in [2.24, 2.45) is 0 Å². The summed E-state index contributed by atoms with van der Waals surface area (Å²) < 4.78 is 15.8. The summed E-state index contributed by atoms with van der Waals surface area (Å²) in [6.45, 7) is 0.446. The Labute approximate surface area is 166 Å². The zero-order valence-corrected chi connectivity index (χ0v) is 16.1. The highest BCUT2D eigenvalue weighted by Crippen LogP contribution is 2.35. The molecule has 1 unspecified atom stereocenters. The van der Waals surface area contributed by atoms with Gasteiger partial charge in [-0.3, -0.25) is 4.79 Å². The van der Waals surface area contributed by atoms with Gasteiger partial charge in [0.25, 0.3) is 0 Å². The first-order chi connectivity index (χ1) is 13.6. The van der Waals surface area contributed by atoms with Crippen molar-refractivity contribution in [1.29, 1.82) is 0 Å². The molecule has 0 aliphatic carbocycles. The van der Waals surface area contributed by atoms with E-state index in [2.05, 4.69) is 10.1 Å². The number of hydrogen-bond acceptors (Lipinski definition) is 6. The molecular formula is C20H18ClN3O4. The fourth-order valence-corrected chi connectivity index (χ4v) is 3.48. The Balaban J connectivity index is 1.54. The fourth-order valence-electron chi connectivity index (χ4n) is 3.23. The summed E-state index contributed by atoms with van der Waals surface area (Å²) in [5, 5.41) is 4.51. The molecule has 0 spiro atoms. The van der Waals surface area contributed by atoms with Gasteiger partial charge in [-0.2, -0.15) is 4.98 Å². The number of carbonyl (C=O) groups is 1. The van der Waals surface area contributed by atoms with Gasteiger partial charge >= 0.3 is 0 Å². The highest BCUT2D eigenvalue weighted by Gasteiger charge is 2.35. The molecule has 4 rings (SSSR count). The first-order valence-corrected chi connectivity index (χ1v) is 9.08. The standard InChI is InChI=1S/C20H18ClN3O4/c1-26-15-5-3-4-12(8-15)19-22-20(28-23-19)13-9-18(25)24(11-13)14-6-7-17(27-2)16(21)10-14/h3-8,10,13H,9,11H2,1-2H3. The number of carbonyl (C=O) groups excluding carboxylic acids is 1. The molecule has 2 aromatic carbocycles. The van der Waals surface area contributed by atoms with Gasteiger partial charge in [0, 0.05) is 24.2 Å². The van der Waals surface area contributed by atoms with E-state index in [1.807, 2.05) is 24.3 Å². The number of hydrogen-bond donors (Lipinski definition) is 0. The van der Waals surface area contributed by atoms with Crippen LogP contribution in [-0.2, 0) is 4.79 Å². The van der Waals surface area contributed by atoms with Gasteiger partial charge in [0.2, 0.25) is 17.6 Å². The predicted octanol–water partition coefficient (Wildman–Crippen LogP) is 3.93. The molecule has 0 radical (unpaired) electrons. The highest BCUT2D eigenvalue weighted by molar-refractivity contribution is 6.32. The van der Waals surface area contributed by atoms with Gasteiger partial charge in [0.05, 0.1) is 25.2 Å². The van der Waals surface area contributed by atoms with E-state index >= 15 is 0 Å². The molecule has 0 bridgehead atoms. The van der Waals surface area contributed by atoms with Crippen molar-refractivity contribution < 1.29 is 18.8 Å². The van der Waals surface area contributed by atoms with Crippen LogP contribution < -0.4 is 14.4 Å². The molecule has 1 fully saturated rings. The lowest BCUT2D eigenvalue weighted by Crippen LogP contribution is -2.24. The van der Waals surface area contributed by atoms with Crippen LogP contribution in [0.1, 0.15) is 18.2 Å². The van der Waals surface area contributed by atoms with Crippen LogP contribution in [0.3, 0.4) is 0 Å². The Bertz CT molecular complexity index is 1020. The first kappa shape index (κ1) is 18.3. The van der Waals surface area contributed by atoms with E-state index in [0.717, 1.165) is 5.56 Å². The highest BCUT2D eigenvalue weighted by atomic mass is 35.5. The van der Waals surface area contributed by atoms with Gasteiger partial charge in [0.15, 0.2) is 0 Å². The van der Waals surface area contributed by atoms with Crippen LogP contribution in [0.2, 0.25) is 5.02 Å². The summed E-state index contributed by atoms with van der Waals surface area (Å²) in [5.74, 6) is 1.98. The molecule has 7 nitrogen and oxygen atoms in total. The van der Waals surface area contributed by atoms with Gasteiger partial charge in [-0.25, -0.2) is 0 Å². The van der Waals surface area contributed by atoms with Crippen molar-refractivity contribution in [1.82, 2.24) is 10.1 Å². The zero-order valence-electron chi connectivity index (χ0n) is 15.4. The molecule has 0 saturated carbocycles. The number of halogens is 1. The number of anilines is 1. The molecule has 1 saturated heterocycles. The van der Waals surface area contributed by atoms with Crippen molar-refractivity contribution in [3.8, 4) is 22.9 Å². The normalized spacial score (nSPS) is 16.5. The molecule has 2 heterocycles. The molecule has 8 heteroatoms. The predicted molar refractivity (Wildman–Crippen MR) is 104 cm³/mol. The minimum absolute atomic E-state index is 0.0210. The van der Waals surface area contributed by atoms with Crippen LogP contribution in [0.4, 0.5) is 5.69 Å². The lowest BCUT2D eigenvalue weighted by atomic mass is 10.1. The van der Waals surface area contributed by atoms with Crippen LogP contribution >= 0.6 is 11.6 Å². The summed E-state index contributed by atoms with van der Waals surface area (Å²) in [5.41, 5.74) is 1.50. The summed E-state index contributed by atoms with van der Waals surface area (Å²) in [4.78, 5) is 18.7. The Morgan fingerprint density at radius 2 is 2.04 bits per heavy atom. The van der Waals surface area contributed by atoms with Gasteiger partial charge in [0.1, 0.15) is 11.5 Å². The summed E-state index contributed by atoms with van der Waals surface area (Å²) >= 11 is 6.19. The van der Waals surface area contributed by atoms with Crippen molar-refractivity contribution in [2.75, 3.05) is 25.7 Å². The van der Waals surface area contributed by atoms with E-state index in [4.69, 9.17) is 25.6 Å². The number of methoxy groups -OCH3 is 2. The summed E-state index contributed by atoms with van der Waals surface area (Å²) in [7, 11) is 3.15. The third-order valence-corrected chi connectivity index (χ3v) is 4.99. The number of nitrogens with zero attached hydrogens (tertiary/aromatic N) is 3. The summed E-state index contributed by atoms with van der Waals surface area (Å²) in [6, 6.07) is 12.7. The second-order valence-electron chi connectivity index (χ2n) is 6.41. The third kappa shape index (κ3) is 3.41. The summed E-state index contributed by atoms with van der Waals surface area (Å²) in [6.07, 6.45) is 0.295. The largest absolute Gasteiger partial charge is 0.497 e. The van der Waals surface area contributed by atoms with Crippen LogP contribution in [0.25, 0.3) is 11.4 Å². The minimum Gasteiger partial charge on any atom is -0.497 e. The maximum atomic E-state index is 12.5. The second kappa shape index (κ2) is 7.52. The molecular weight excluding hydrogens is 382 g/mol. The quantitative estimate of drug-likeness (QED) is 0.647. The van der Waals surface area contributed by atoms with E-state index in [1.165, 1.54) is 0 Å². The topological polar surface area (TPSA) is 77.7 Å². The van der Waals surface area contributed by atoms with Crippen molar-refractivity contribution in [3.63, 3.8) is 0 Å². The van der Waals surface area contributed by atoms with Crippen LogP contribution in [0.15, 0.2) is 47.0 Å². The monoisotopic (exact) mass is 399 g/mol. The van der Waals surface area contributed by atoms with Crippen LogP contribution in [0, 0.1) is 0 Å². The zero-order chi connectivity index (χ0) is 19.7. The van der Waals surface area contributed by atoms with E-state index in [0.29, 0.717) is 46.9 Å². The second-order valence-corrected chi connectivity index (χ2v) is 6.82. The minimum atomic E-state index is -0.180. The maximum Gasteiger partial charge on any atom is 0.232 e. The van der Waals surface area contributed by atoms with Gasteiger partial charge in [-0.1, -0.05) is 28.9 Å². The lowest BCUT2D eigenvalue weighted by molar-refractivity contribution is -0.117.